The fraction of sp³-hybridized carbons (Fsp3) is 0.800. The van der Waals surface area contributed by atoms with Crippen LogP contribution in [0.2, 0.25) is 0 Å². The quantitative estimate of drug-likeness (QED) is 0.482. The van der Waals surface area contributed by atoms with Crippen molar-refractivity contribution in [2.45, 2.75) is 84.3 Å². The van der Waals surface area contributed by atoms with E-state index in [0.29, 0.717) is 11.5 Å². The Morgan fingerprint density at radius 3 is 2.81 bits per heavy atom. The molecule has 21 heavy (non-hydrogen) atoms. The van der Waals surface area contributed by atoms with Crippen molar-refractivity contribution in [1.82, 2.24) is 0 Å². The highest BCUT2D eigenvalue weighted by Crippen LogP contribution is 2.61. The van der Waals surface area contributed by atoms with E-state index in [4.69, 9.17) is 4.74 Å². The van der Waals surface area contributed by atoms with Gasteiger partial charge in [-0.15, -0.1) is 0 Å². The zero-order valence-electron chi connectivity index (χ0n) is 14.4. The molecule has 0 unspecified atom stereocenters. The molecule has 0 N–H and O–H groups in total. The monoisotopic (exact) mass is 288 g/mol. The Morgan fingerprint density at radius 2 is 2.10 bits per heavy atom. The second kappa shape index (κ2) is 5.26. The second-order valence-electron chi connectivity index (χ2n) is 8.55. The third kappa shape index (κ3) is 2.86. The van der Waals surface area contributed by atoms with Gasteiger partial charge in [0.15, 0.2) is 0 Å². The molecule has 3 aliphatic rings. The predicted molar refractivity (Wildman–Crippen MR) is 89.3 cm³/mol. The molecule has 2 aliphatic carbocycles. The Kier molecular flexibility index (Phi) is 3.84. The minimum atomic E-state index is 0.200. The van der Waals surface area contributed by atoms with Gasteiger partial charge in [0, 0.05) is 0 Å². The first-order chi connectivity index (χ1) is 9.84. The van der Waals surface area contributed by atoms with Gasteiger partial charge < -0.3 is 4.74 Å². The predicted octanol–water partition coefficient (Wildman–Crippen LogP) is 5.66. The van der Waals surface area contributed by atoms with E-state index < -0.39 is 0 Å². The van der Waals surface area contributed by atoms with Gasteiger partial charge in [0.2, 0.25) is 0 Å². The number of hydrogen-bond acceptors (Lipinski definition) is 1. The van der Waals surface area contributed by atoms with Crippen LogP contribution < -0.4 is 0 Å². The largest absolute Gasteiger partial charge is 0.366 e. The van der Waals surface area contributed by atoms with Crippen LogP contribution in [-0.2, 0) is 4.74 Å². The minimum Gasteiger partial charge on any atom is -0.366 e. The summed E-state index contributed by atoms with van der Waals surface area (Å²) in [6.45, 7) is 13.7. The number of ether oxygens (including phenoxy) is 1. The summed E-state index contributed by atoms with van der Waals surface area (Å²) in [5.74, 6) is 1.64. The molecular weight excluding hydrogens is 256 g/mol. The molecule has 1 aliphatic heterocycles. The molecule has 118 valence electrons. The summed E-state index contributed by atoms with van der Waals surface area (Å²) in [5, 5.41) is 0. The van der Waals surface area contributed by atoms with E-state index >= 15 is 0 Å². The average molecular weight is 288 g/mol. The topological polar surface area (TPSA) is 12.5 Å². The van der Waals surface area contributed by atoms with Gasteiger partial charge in [0.25, 0.3) is 0 Å². The highest BCUT2D eigenvalue weighted by Gasteiger charge is 2.56. The lowest BCUT2D eigenvalue weighted by molar-refractivity contribution is -0.0254. The van der Waals surface area contributed by atoms with Crippen molar-refractivity contribution in [3.8, 4) is 0 Å². The summed E-state index contributed by atoms with van der Waals surface area (Å²) in [6.07, 6.45) is 11.9. The fourth-order valence-electron chi connectivity index (χ4n) is 4.90. The molecule has 0 amide bonds. The third-order valence-electron chi connectivity index (χ3n) is 6.57. The lowest BCUT2D eigenvalue weighted by Gasteiger charge is -2.55. The maximum atomic E-state index is 5.97. The van der Waals surface area contributed by atoms with Crippen LogP contribution in [0.3, 0.4) is 0 Å². The van der Waals surface area contributed by atoms with Gasteiger partial charge >= 0.3 is 0 Å². The molecule has 3 fully saturated rings. The zero-order valence-corrected chi connectivity index (χ0v) is 14.4. The van der Waals surface area contributed by atoms with Crippen molar-refractivity contribution in [1.29, 1.82) is 0 Å². The van der Waals surface area contributed by atoms with Gasteiger partial charge in [0.05, 0.1) is 11.7 Å². The van der Waals surface area contributed by atoms with Crippen LogP contribution in [0.1, 0.15) is 72.6 Å². The smallest absolute Gasteiger partial charge is 0.0920 e. The molecule has 3 rings (SSSR count). The van der Waals surface area contributed by atoms with Gasteiger partial charge in [-0.25, -0.2) is 0 Å². The van der Waals surface area contributed by atoms with Crippen molar-refractivity contribution < 1.29 is 4.74 Å². The molecule has 1 nitrogen and oxygen atoms in total. The van der Waals surface area contributed by atoms with E-state index in [1.54, 1.807) is 0 Å². The maximum Gasteiger partial charge on any atom is 0.0920 e. The number of allylic oxidation sites excluding steroid dienone is 3. The molecule has 5 atom stereocenters. The fourth-order valence-corrected chi connectivity index (χ4v) is 4.90. The van der Waals surface area contributed by atoms with Crippen LogP contribution in [-0.4, -0.2) is 11.7 Å². The summed E-state index contributed by atoms with van der Waals surface area (Å²) in [4.78, 5) is 0. The number of fused-ring (bicyclic) bond motifs is 2. The van der Waals surface area contributed by atoms with Crippen LogP contribution in [0.4, 0.5) is 0 Å². The van der Waals surface area contributed by atoms with Crippen LogP contribution >= 0.6 is 0 Å². The summed E-state index contributed by atoms with van der Waals surface area (Å²) < 4.78 is 5.97. The summed E-state index contributed by atoms with van der Waals surface area (Å²) in [7, 11) is 0. The van der Waals surface area contributed by atoms with Crippen LogP contribution in [0.25, 0.3) is 0 Å². The lowest BCUT2D eigenvalue weighted by atomic mass is 9.50. The van der Waals surface area contributed by atoms with Crippen LogP contribution in [0.5, 0.6) is 0 Å². The molecule has 1 heteroatoms. The van der Waals surface area contributed by atoms with E-state index in [2.05, 4.69) is 40.3 Å². The Bertz CT molecular complexity index is 458. The number of epoxide rings is 1. The molecule has 0 aromatic heterocycles. The number of rotatable bonds is 3. The standard InChI is InChI=1S/C20H32O/c1-14(2)7-6-11-19(4)13-16-15(3)8-9-18-20(5,21-18)12-10-17(16)19/h7,16-18H,3,6,8-13H2,1-2,4-5H3/t16-,17-,18-,19-,20-/m1/s1. The minimum absolute atomic E-state index is 0.200. The van der Waals surface area contributed by atoms with Crippen molar-refractivity contribution >= 4 is 0 Å². The Balaban J connectivity index is 1.67. The first-order valence-electron chi connectivity index (χ1n) is 8.83. The highest BCUT2D eigenvalue weighted by molar-refractivity contribution is 5.17. The van der Waals surface area contributed by atoms with Crippen molar-refractivity contribution in [3.05, 3.63) is 23.8 Å². The van der Waals surface area contributed by atoms with E-state index in [-0.39, 0.29) is 5.60 Å². The second-order valence-corrected chi connectivity index (χ2v) is 8.55. The summed E-state index contributed by atoms with van der Waals surface area (Å²) in [6, 6.07) is 0. The first-order valence-corrected chi connectivity index (χ1v) is 8.83. The van der Waals surface area contributed by atoms with E-state index in [0.717, 1.165) is 11.8 Å². The van der Waals surface area contributed by atoms with Gasteiger partial charge in [-0.3, -0.25) is 0 Å². The van der Waals surface area contributed by atoms with E-state index in [1.807, 2.05) is 0 Å². The van der Waals surface area contributed by atoms with Crippen molar-refractivity contribution in [2.75, 3.05) is 0 Å². The zero-order chi connectivity index (χ0) is 15.3. The van der Waals surface area contributed by atoms with Gasteiger partial charge in [0.1, 0.15) is 0 Å². The summed E-state index contributed by atoms with van der Waals surface area (Å²) in [5.41, 5.74) is 3.70. The normalized spacial score (nSPS) is 45.3. The molecule has 1 saturated heterocycles. The molecule has 0 aromatic carbocycles. The van der Waals surface area contributed by atoms with Gasteiger partial charge in [-0.2, -0.15) is 0 Å². The van der Waals surface area contributed by atoms with E-state index in [1.165, 1.54) is 56.1 Å². The van der Waals surface area contributed by atoms with Crippen LogP contribution in [0.15, 0.2) is 23.8 Å². The van der Waals surface area contributed by atoms with Gasteiger partial charge in [-0.05, 0) is 83.0 Å². The van der Waals surface area contributed by atoms with Gasteiger partial charge in [-0.1, -0.05) is 30.7 Å². The van der Waals surface area contributed by atoms with Crippen LogP contribution in [0, 0.1) is 17.3 Å². The third-order valence-corrected chi connectivity index (χ3v) is 6.57. The van der Waals surface area contributed by atoms with E-state index in [9.17, 15) is 0 Å². The molecule has 1 heterocycles. The molecule has 0 radical (unpaired) electrons. The maximum absolute atomic E-state index is 5.97. The van der Waals surface area contributed by atoms with Crippen molar-refractivity contribution in [3.63, 3.8) is 0 Å². The van der Waals surface area contributed by atoms with Crippen molar-refractivity contribution in [2.24, 2.45) is 17.3 Å². The average Bonchev–Trinajstić information content (AvgIpc) is 3.02. The molecule has 0 aromatic rings. The number of hydrogen-bond donors (Lipinski definition) is 0. The first kappa shape index (κ1) is 15.3. The molecule has 0 spiro atoms. The Labute approximate surface area is 130 Å². The highest BCUT2D eigenvalue weighted by atomic mass is 16.6. The molecule has 2 saturated carbocycles. The summed E-state index contributed by atoms with van der Waals surface area (Å²) >= 11 is 0. The Morgan fingerprint density at radius 1 is 1.33 bits per heavy atom. The molecule has 0 bridgehead atoms. The Hall–Kier alpha value is -0.560. The lowest BCUT2D eigenvalue weighted by Crippen LogP contribution is -2.46. The molecular formula is C20H32O. The SMILES string of the molecule is C=C1CC[C@H]2O[C@]2(C)CC[C@@H]2[C@@H]1C[C@@]2(C)CCC=C(C)C.